The molecule has 2 unspecified atom stereocenters. The van der Waals surface area contributed by atoms with Gasteiger partial charge in [-0.2, -0.15) is 10.5 Å². The van der Waals surface area contributed by atoms with E-state index in [1.807, 2.05) is 42.5 Å². The van der Waals surface area contributed by atoms with E-state index in [1.54, 1.807) is 6.08 Å². The third-order valence-corrected chi connectivity index (χ3v) is 6.62. The molecule has 0 amide bonds. The highest BCUT2D eigenvalue weighted by Gasteiger charge is 2.49. The summed E-state index contributed by atoms with van der Waals surface area (Å²) in [6, 6.07) is 25.0. The quantitative estimate of drug-likeness (QED) is 0.487. The van der Waals surface area contributed by atoms with E-state index in [4.69, 9.17) is 9.47 Å². The number of nitrogens with zero attached hydrogens (tertiary/aromatic N) is 2. The molecule has 1 aliphatic heterocycles. The predicted octanol–water partition coefficient (Wildman–Crippen LogP) is 6.17. The van der Waals surface area contributed by atoms with Crippen molar-refractivity contribution in [1.82, 2.24) is 0 Å². The molecule has 4 nitrogen and oxygen atoms in total. The van der Waals surface area contributed by atoms with Gasteiger partial charge < -0.3 is 9.47 Å². The topological polar surface area (TPSA) is 66.0 Å². The molecule has 1 aliphatic carbocycles. The van der Waals surface area contributed by atoms with Crippen LogP contribution < -0.4 is 0 Å². The lowest BCUT2D eigenvalue weighted by Crippen LogP contribution is -2.41. The molecule has 4 rings (SSSR count). The molecule has 33 heavy (non-hydrogen) atoms. The van der Waals surface area contributed by atoms with Crippen molar-refractivity contribution in [1.29, 1.82) is 10.5 Å². The Morgan fingerprint density at radius 1 is 1.03 bits per heavy atom. The summed E-state index contributed by atoms with van der Waals surface area (Å²) in [6.45, 7) is 4.93. The molecule has 2 aliphatic rings. The minimum Gasteiger partial charge on any atom is -0.347 e. The molecule has 2 aromatic carbocycles. The molecule has 166 valence electrons. The van der Waals surface area contributed by atoms with E-state index in [0.29, 0.717) is 26.1 Å². The van der Waals surface area contributed by atoms with E-state index in [1.165, 1.54) is 0 Å². The van der Waals surface area contributed by atoms with Crippen LogP contribution in [0.1, 0.15) is 36.3 Å². The smallest absolute Gasteiger partial charge is 0.172 e. The molecule has 0 saturated carbocycles. The molecule has 2 aromatic rings. The first-order chi connectivity index (χ1) is 16.2. The maximum atomic E-state index is 10.2. The number of hydrogen-bond acceptors (Lipinski definition) is 4. The van der Waals surface area contributed by atoms with Gasteiger partial charge >= 0.3 is 0 Å². The maximum absolute atomic E-state index is 10.2. The van der Waals surface area contributed by atoms with E-state index in [-0.39, 0.29) is 18.3 Å². The SMILES string of the molecule is C=CCC(C#N)(C#N)C1=CCC2(CC1C(C=Cc1ccccc1)c1ccccc1)OCCO2. The van der Waals surface area contributed by atoms with Crippen molar-refractivity contribution in [2.45, 2.75) is 31.0 Å². The second-order valence-corrected chi connectivity index (χ2v) is 8.61. The fraction of sp³-hybridized carbons (Fsp3) is 0.310. The van der Waals surface area contributed by atoms with Crippen molar-refractivity contribution < 1.29 is 9.47 Å². The average Bonchev–Trinajstić information content (AvgIpc) is 3.32. The number of hydrogen-bond donors (Lipinski definition) is 0. The van der Waals surface area contributed by atoms with Crippen molar-refractivity contribution in [2.75, 3.05) is 13.2 Å². The lowest BCUT2D eigenvalue weighted by Gasteiger charge is -2.42. The van der Waals surface area contributed by atoms with Crippen molar-refractivity contribution >= 4 is 6.08 Å². The van der Waals surface area contributed by atoms with E-state index < -0.39 is 11.2 Å². The minimum atomic E-state index is -1.26. The normalized spacial score (nSPS) is 20.7. The van der Waals surface area contributed by atoms with E-state index in [2.05, 4.69) is 55.1 Å². The van der Waals surface area contributed by atoms with Gasteiger partial charge in [0.1, 0.15) is 0 Å². The van der Waals surface area contributed by atoms with Gasteiger partial charge in [-0.1, -0.05) is 85.0 Å². The van der Waals surface area contributed by atoms with Crippen LogP contribution in [0.4, 0.5) is 0 Å². The Balaban J connectivity index is 1.83. The second-order valence-electron chi connectivity index (χ2n) is 8.61. The summed E-state index contributed by atoms with van der Waals surface area (Å²) >= 11 is 0. The van der Waals surface area contributed by atoms with Gasteiger partial charge in [-0.25, -0.2) is 0 Å². The van der Waals surface area contributed by atoms with Gasteiger partial charge in [0.25, 0.3) is 0 Å². The molecule has 0 N–H and O–H groups in total. The highest BCUT2D eigenvalue weighted by Crippen LogP contribution is 2.51. The van der Waals surface area contributed by atoms with Crippen LogP contribution in [-0.4, -0.2) is 19.0 Å². The second kappa shape index (κ2) is 10.0. The Morgan fingerprint density at radius 2 is 1.67 bits per heavy atom. The van der Waals surface area contributed by atoms with Crippen LogP contribution in [0.3, 0.4) is 0 Å². The molecular formula is C29H28N2O2. The lowest BCUT2D eigenvalue weighted by atomic mass is 9.64. The largest absolute Gasteiger partial charge is 0.347 e. The number of benzene rings is 2. The molecule has 1 saturated heterocycles. The number of ether oxygens (including phenoxy) is 2. The number of nitriles is 2. The summed E-state index contributed by atoms with van der Waals surface area (Å²) in [5, 5.41) is 20.3. The van der Waals surface area contributed by atoms with Gasteiger partial charge in [0.2, 0.25) is 0 Å². The highest BCUT2D eigenvalue weighted by molar-refractivity contribution is 5.52. The predicted molar refractivity (Wildman–Crippen MR) is 129 cm³/mol. The fourth-order valence-corrected chi connectivity index (χ4v) is 5.00. The third kappa shape index (κ3) is 4.69. The van der Waals surface area contributed by atoms with Gasteiger partial charge in [-0.15, -0.1) is 6.58 Å². The van der Waals surface area contributed by atoms with Crippen LogP contribution in [-0.2, 0) is 9.47 Å². The van der Waals surface area contributed by atoms with Crippen molar-refractivity contribution in [3.8, 4) is 12.1 Å². The number of allylic oxidation sites excluding steroid dienone is 3. The van der Waals surface area contributed by atoms with E-state index >= 15 is 0 Å². The van der Waals surface area contributed by atoms with Gasteiger partial charge in [0.05, 0.1) is 25.4 Å². The Bertz CT molecular complexity index is 1090. The van der Waals surface area contributed by atoms with Gasteiger partial charge in [-0.05, 0) is 22.6 Å². The first-order valence-corrected chi connectivity index (χ1v) is 11.4. The molecule has 1 fully saturated rings. The minimum absolute atomic E-state index is 0.0616. The molecule has 4 heteroatoms. The van der Waals surface area contributed by atoms with Crippen molar-refractivity contribution in [3.63, 3.8) is 0 Å². The van der Waals surface area contributed by atoms with Crippen LogP contribution in [0.15, 0.2) is 91.0 Å². The molecule has 0 bridgehead atoms. The Morgan fingerprint density at radius 3 is 2.27 bits per heavy atom. The van der Waals surface area contributed by atoms with Crippen LogP contribution in [0.2, 0.25) is 0 Å². The standard InChI is InChI=1S/C29H28N2O2/c1-2-16-28(21-30,22-31)27-15-17-29(32-18-19-33-29)20-26(27)25(24-11-7-4-8-12-24)14-13-23-9-5-3-6-10-23/h2-15,25-26H,1,16-20H2. The summed E-state index contributed by atoms with van der Waals surface area (Å²) in [4.78, 5) is 0. The van der Waals surface area contributed by atoms with Gasteiger partial charge in [0.15, 0.2) is 11.2 Å². The number of rotatable bonds is 7. The van der Waals surface area contributed by atoms with Crippen LogP contribution in [0.25, 0.3) is 6.08 Å². The maximum Gasteiger partial charge on any atom is 0.172 e. The van der Waals surface area contributed by atoms with E-state index in [9.17, 15) is 10.5 Å². The van der Waals surface area contributed by atoms with Crippen molar-refractivity contribution in [2.24, 2.45) is 11.3 Å². The molecule has 0 aromatic heterocycles. The first kappa shape index (κ1) is 22.7. The summed E-state index contributed by atoms with van der Waals surface area (Å²) in [5.41, 5.74) is 1.80. The van der Waals surface area contributed by atoms with Crippen molar-refractivity contribution in [3.05, 3.63) is 102 Å². The lowest BCUT2D eigenvalue weighted by molar-refractivity contribution is -0.170. The average molecular weight is 437 g/mol. The zero-order chi connectivity index (χ0) is 23.2. The Labute approximate surface area is 196 Å². The van der Waals surface area contributed by atoms with E-state index in [0.717, 1.165) is 16.7 Å². The molecule has 1 heterocycles. The Kier molecular flexibility index (Phi) is 6.90. The molecule has 1 spiro atoms. The Hall–Kier alpha value is -3.44. The summed E-state index contributed by atoms with van der Waals surface area (Å²) in [7, 11) is 0. The van der Waals surface area contributed by atoms with Gasteiger partial charge in [0, 0.05) is 25.2 Å². The fourth-order valence-electron chi connectivity index (χ4n) is 5.00. The molecular weight excluding hydrogens is 408 g/mol. The van der Waals surface area contributed by atoms with Crippen LogP contribution in [0, 0.1) is 34.0 Å². The molecule has 0 radical (unpaired) electrons. The van der Waals surface area contributed by atoms with Crippen LogP contribution >= 0.6 is 0 Å². The third-order valence-electron chi connectivity index (χ3n) is 6.62. The van der Waals surface area contributed by atoms with Gasteiger partial charge in [-0.3, -0.25) is 0 Å². The summed E-state index contributed by atoms with van der Waals surface area (Å²) in [5.74, 6) is -0.904. The summed E-state index contributed by atoms with van der Waals surface area (Å²) < 4.78 is 12.1. The highest BCUT2D eigenvalue weighted by atomic mass is 16.7. The molecule has 2 atom stereocenters. The zero-order valence-corrected chi connectivity index (χ0v) is 18.7. The monoisotopic (exact) mass is 436 g/mol. The van der Waals surface area contributed by atoms with Crippen LogP contribution in [0.5, 0.6) is 0 Å². The summed E-state index contributed by atoms with van der Waals surface area (Å²) in [6.07, 6.45) is 9.37. The first-order valence-electron chi connectivity index (χ1n) is 11.4. The zero-order valence-electron chi connectivity index (χ0n) is 18.7.